The van der Waals surface area contributed by atoms with Crippen LogP contribution in [0.5, 0.6) is 0 Å². The number of hydrogen-bond donors (Lipinski definition) is 2. The van der Waals surface area contributed by atoms with Gasteiger partial charge in [-0.1, -0.05) is 12.1 Å². The molecular weight excluding hydrogens is 395 g/mol. The zero-order chi connectivity index (χ0) is 20.4. The lowest BCUT2D eigenvalue weighted by Gasteiger charge is -2.27. The molecule has 10 heteroatoms. The van der Waals surface area contributed by atoms with Crippen molar-refractivity contribution in [2.24, 2.45) is 0 Å². The predicted octanol–water partition coefficient (Wildman–Crippen LogP) is 2.57. The van der Waals surface area contributed by atoms with Gasteiger partial charge in [0, 0.05) is 26.1 Å². The van der Waals surface area contributed by atoms with Crippen molar-refractivity contribution < 1.29 is 27.9 Å². The van der Waals surface area contributed by atoms with Crippen LogP contribution < -0.4 is 5.32 Å². The normalized spacial score (nSPS) is 17.1. The molecule has 0 aliphatic carbocycles. The number of nitrogens with zero attached hydrogens (tertiary/aromatic N) is 2. The number of nitrogens with one attached hydrogen (secondary N) is 1. The van der Waals surface area contributed by atoms with E-state index in [0.29, 0.717) is 47.5 Å². The van der Waals surface area contributed by atoms with Gasteiger partial charge in [0.2, 0.25) is 17.4 Å². The second kappa shape index (κ2) is 8.04. The highest BCUT2D eigenvalue weighted by Crippen LogP contribution is 2.44. The number of carbonyl (C=O) groups is 2. The Morgan fingerprint density at radius 3 is 2.71 bits per heavy atom. The summed E-state index contributed by atoms with van der Waals surface area (Å²) >= 11 is 0.713. The summed E-state index contributed by atoms with van der Waals surface area (Å²) in [6.45, 7) is 1.23. The first-order chi connectivity index (χ1) is 13.2. The molecule has 6 nitrogen and oxygen atoms in total. The Morgan fingerprint density at radius 1 is 1.32 bits per heavy atom. The van der Waals surface area contributed by atoms with Crippen LogP contribution in [0.3, 0.4) is 0 Å². The maximum atomic E-state index is 13.6. The maximum Gasteiger partial charge on any atom is 0.424 e. The lowest BCUT2D eigenvalue weighted by molar-refractivity contribution is -0.267. The Labute approximate surface area is 163 Å². The van der Waals surface area contributed by atoms with Crippen molar-refractivity contribution >= 4 is 33.4 Å². The molecule has 1 aliphatic rings. The van der Waals surface area contributed by atoms with E-state index in [1.54, 1.807) is 29.2 Å². The molecule has 1 saturated heterocycles. The average Bonchev–Trinajstić information content (AvgIpc) is 3.24. The lowest BCUT2D eigenvalue weighted by Crippen LogP contribution is -2.46. The highest BCUT2D eigenvalue weighted by molar-refractivity contribution is 7.18. The van der Waals surface area contributed by atoms with Crippen molar-refractivity contribution in [3.8, 4) is 0 Å². The number of aromatic nitrogens is 1. The highest BCUT2D eigenvalue weighted by atomic mass is 32.1. The van der Waals surface area contributed by atoms with Gasteiger partial charge < -0.3 is 15.3 Å². The van der Waals surface area contributed by atoms with Crippen LogP contribution in [-0.4, -0.2) is 52.6 Å². The summed E-state index contributed by atoms with van der Waals surface area (Å²) in [5.74, 6) is -0.875. The molecule has 1 fully saturated rings. The van der Waals surface area contributed by atoms with Crippen molar-refractivity contribution in [2.75, 3.05) is 19.6 Å². The van der Waals surface area contributed by atoms with Gasteiger partial charge in [0.05, 0.1) is 16.6 Å². The number of likely N-dealkylation sites (tertiary alicyclic amines) is 1. The number of aliphatic hydroxyl groups is 1. The number of benzene rings is 1. The summed E-state index contributed by atoms with van der Waals surface area (Å²) in [5, 5.41) is 12.2. The number of rotatable bonds is 7. The minimum atomic E-state index is -5.06. The summed E-state index contributed by atoms with van der Waals surface area (Å²) in [7, 11) is 0. The van der Waals surface area contributed by atoms with Crippen molar-refractivity contribution in [1.29, 1.82) is 0 Å². The molecule has 2 heterocycles. The highest BCUT2D eigenvalue weighted by Gasteiger charge is 2.58. The minimum Gasteiger partial charge on any atom is -0.374 e. The fourth-order valence-corrected chi connectivity index (χ4v) is 4.15. The summed E-state index contributed by atoms with van der Waals surface area (Å²) in [6, 6.07) is 6.45. The number of hydrogen-bond acceptors (Lipinski definition) is 5. The van der Waals surface area contributed by atoms with E-state index in [0.717, 1.165) is 6.42 Å². The Hall–Kier alpha value is -2.20. The largest absolute Gasteiger partial charge is 0.424 e. The SMILES string of the molecule is O=C(CC(O)(c1nc2ccccc2s1)C(F)(F)F)NCCCN1CCCC1=O. The molecule has 2 N–H and O–H groups in total. The van der Waals surface area contributed by atoms with E-state index in [1.807, 2.05) is 0 Å². The first-order valence-electron chi connectivity index (χ1n) is 8.90. The van der Waals surface area contributed by atoms with Gasteiger partial charge in [-0.25, -0.2) is 4.98 Å². The van der Waals surface area contributed by atoms with Crippen molar-refractivity contribution in [1.82, 2.24) is 15.2 Å². The van der Waals surface area contributed by atoms with E-state index >= 15 is 0 Å². The molecule has 1 aromatic heterocycles. The Morgan fingerprint density at radius 2 is 2.07 bits per heavy atom. The third-order valence-electron chi connectivity index (χ3n) is 4.63. The van der Waals surface area contributed by atoms with Gasteiger partial charge in [-0.3, -0.25) is 9.59 Å². The van der Waals surface area contributed by atoms with Crippen LogP contribution in [0.2, 0.25) is 0 Å². The predicted molar refractivity (Wildman–Crippen MR) is 97.6 cm³/mol. The number of halogens is 3. The molecule has 1 atom stereocenters. The number of amides is 2. The fraction of sp³-hybridized carbons (Fsp3) is 0.500. The van der Waals surface area contributed by atoms with Crippen LogP contribution in [-0.2, 0) is 15.2 Å². The van der Waals surface area contributed by atoms with Crippen molar-refractivity contribution in [2.45, 2.75) is 37.5 Å². The molecule has 152 valence electrons. The number of alkyl halides is 3. The van der Waals surface area contributed by atoms with E-state index in [-0.39, 0.29) is 12.5 Å². The van der Waals surface area contributed by atoms with E-state index in [2.05, 4.69) is 10.3 Å². The summed E-state index contributed by atoms with van der Waals surface area (Å²) in [6.07, 6.45) is -4.48. The smallest absolute Gasteiger partial charge is 0.374 e. The zero-order valence-electron chi connectivity index (χ0n) is 15.0. The second-order valence-corrected chi connectivity index (χ2v) is 7.74. The van der Waals surface area contributed by atoms with Gasteiger partial charge in [-0.05, 0) is 25.0 Å². The molecule has 0 radical (unpaired) electrons. The molecule has 0 bridgehead atoms. The van der Waals surface area contributed by atoms with Crippen LogP contribution in [0.1, 0.15) is 30.7 Å². The second-order valence-electron chi connectivity index (χ2n) is 6.71. The monoisotopic (exact) mass is 415 g/mol. The van der Waals surface area contributed by atoms with Gasteiger partial charge >= 0.3 is 6.18 Å². The topological polar surface area (TPSA) is 82.5 Å². The number of carbonyl (C=O) groups excluding carboxylic acids is 2. The number of para-hydroxylation sites is 1. The molecule has 28 heavy (non-hydrogen) atoms. The van der Waals surface area contributed by atoms with E-state index in [1.165, 1.54) is 0 Å². The Kier molecular flexibility index (Phi) is 5.90. The number of fused-ring (bicyclic) bond motifs is 1. The molecule has 3 rings (SSSR count). The van der Waals surface area contributed by atoms with Gasteiger partial charge in [0.25, 0.3) is 0 Å². The summed E-state index contributed by atoms with van der Waals surface area (Å²) < 4.78 is 41.3. The maximum absolute atomic E-state index is 13.6. The van der Waals surface area contributed by atoms with Crippen LogP contribution in [0.25, 0.3) is 10.2 Å². The lowest BCUT2D eigenvalue weighted by atomic mass is 9.99. The van der Waals surface area contributed by atoms with Crippen molar-refractivity contribution in [3.63, 3.8) is 0 Å². The quantitative estimate of drug-likeness (QED) is 0.681. The third-order valence-corrected chi connectivity index (χ3v) is 5.82. The molecule has 1 aliphatic heterocycles. The van der Waals surface area contributed by atoms with Gasteiger partial charge in [0.1, 0.15) is 5.01 Å². The first kappa shape index (κ1) is 20.5. The van der Waals surface area contributed by atoms with Gasteiger partial charge in [-0.2, -0.15) is 13.2 Å². The molecular formula is C18H20F3N3O3S. The molecule has 2 amide bonds. The molecule has 0 spiro atoms. The molecule has 0 saturated carbocycles. The van der Waals surface area contributed by atoms with Gasteiger partial charge in [-0.15, -0.1) is 11.3 Å². The van der Waals surface area contributed by atoms with E-state index < -0.39 is 29.1 Å². The van der Waals surface area contributed by atoms with Gasteiger partial charge in [0.15, 0.2) is 0 Å². The molecule has 1 unspecified atom stereocenters. The molecule has 1 aromatic carbocycles. The van der Waals surface area contributed by atoms with Crippen molar-refractivity contribution in [3.05, 3.63) is 29.3 Å². The zero-order valence-corrected chi connectivity index (χ0v) is 15.8. The Bertz CT molecular complexity index is 837. The summed E-state index contributed by atoms with van der Waals surface area (Å²) in [4.78, 5) is 29.1. The third kappa shape index (κ3) is 4.27. The van der Waals surface area contributed by atoms with Crippen LogP contribution in [0, 0.1) is 0 Å². The average molecular weight is 415 g/mol. The minimum absolute atomic E-state index is 0.0496. The van der Waals surface area contributed by atoms with Crippen LogP contribution in [0.15, 0.2) is 24.3 Å². The van der Waals surface area contributed by atoms with E-state index in [9.17, 15) is 27.9 Å². The number of thiazole rings is 1. The van der Waals surface area contributed by atoms with E-state index in [4.69, 9.17) is 0 Å². The Balaban J connectivity index is 1.63. The van der Waals surface area contributed by atoms with Crippen LogP contribution >= 0.6 is 11.3 Å². The van der Waals surface area contributed by atoms with Crippen LogP contribution in [0.4, 0.5) is 13.2 Å². The molecule has 2 aromatic rings. The fourth-order valence-electron chi connectivity index (χ4n) is 3.08. The summed E-state index contributed by atoms with van der Waals surface area (Å²) in [5.41, 5.74) is -3.02. The standard InChI is InChI=1S/C18H20F3N3O3S/c19-18(20,21)17(27,16-23-12-5-1-2-6-13(12)28-16)11-14(25)22-8-4-10-24-9-3-7-15(24)26/h1-2,5-6,27H,3-4,7-11H2,(H,22,25). The first-order valence-corrected chi connectivity index (χ1v) is 9.72.